The maximum Gasteiger partial charge on any atom is 0.325 e. The smallest absolute Gasteiger partial charge is 0.325 e. The summed E-state index contributed by atoms with van der Waals surface area (Å²) in [5.41, 5.74) is 6.68. The van der Waals surface area contributed by atoms with Gasteiger partial charge in [-0.25, -0.2) is 0 Å². The van der Waals surface area contributed by atoms with Gasteiger partial charge in [0.15, 0.2) is 0 Å². The summed E-state index contributed by atoms with van der Waals surface area (Å²) in [6, 6.07) is 6.54. The topological polar surface area (TPSA) is 72.6 Å². The van der Waals surface area contributed by atoms with E-state index in [-0.39, 0.29) is 23.5 Å². The molecule has 1 aromatic carbocycles. The zero-order valence-electron chi connectivity index (χ0n) is 11.8. The normalized spacial score (nSPS) is 10.2. The molecule has 2 N–H and O–H groups in total. The van der Waals surface area contributed by atoms with E-state index >= 15 is 0 Å². The van der Waals surface area contributed by atoms with Crippen molar-refractivity contribution in [1.82, 2.24) is 4.90 Å². The van der Waals surface area contributed by atoms with Gasteiger partial charge in [0.1, 0.15) is 11.5 Å². The Labute approximate surface area is 123 Å². The predicted molar refractivity (Wildman–Crippen MR) is 80.5 cm³/mol. The van der Waals surface area contributed by atoms with Crippen molar-refractivity contribution in [3.8, 4) is 0 Å². The monoisotopic (exact) mass is 294 g/mol. The van der Waals surface area contributed by atoms with E-state index in [2.05, 4.69) is 4.74 Å². The van der Waals surface area contributed by atoms with Crippen molar-refractivity contribution < 1.29 is 14.3 Å². The lowest BCUT2D eigenvalue weighted by Crippen LogP contribution is -2.41. The van der Waals surface area contributed by atoms with E-state index in [4.69, 9.17) is 18.0 Å². The summed E-state index contributed by atoms with van der Waals surface area (Å²) in [7, 11) is 1.29. The molecule has 20 heavy (non-hydrogen) atoms. The summed E-state index contributed by atoms with van der Waals surface area (Å²) < 4.78 is 4.60. The number of nitrogens with zero attached hydrogens (tertiary/aromatic N) is 1. The van der Waals surface area contributed by atoms with E-state index < -0.39 is 5.97 Å². The second-order valence-electron chi connectivity index (χ2n) is 4.54. The van der Waals surface area contributed by atoms with E-state index in [1.54, 1.807) is 24.3 Å². The van der Waals surface area contributed by atoms with Gasteiger partial charge in [0.05, 0.1) is 7.11 Å². The van der Waals surface area contributed by atoms with Crippen LogP contribution in [0.25, 0.3) is 0 Å². The highest BCUT2D eigenvalue weighted by Crippen LogP contribution is 2.10. The molecule has 6 heteroatoms. The molecule has 0 aliphatic heterocycles. The summed E-state index contributed by atoms with van der Waals surface area (Å²) in [5.74, 6) is -0.688. The molecule has 0 aliphatic rings. The Morgan fingerprint density at radius 1 is 1.25 bits per heavy atom. The molecule has 0 saturated heterocycles. The Morgan fingerprint density at radius 2 is 1.75 bits per heavy atom. The molecule has 108 valence electrons. The first-order chi connectivity index (χ1) is 9.36. The van der Waals surface area contributed by atoms with Crippen LogP contribution < -0.4 is 5.73 Å². The second-order valence-corrected chi connectivity index (χ2v) is 4.98. The molecule has 1 aromatic rings. The largest absolute Gasteiger partial charge is 0.468 e. The third kappa shape index (κ3) is 4.03. The van der Waals surface area contributed by atoms with Crippen LogP contribution >= 0.6 is 12.2 Å². The minimum Gasteiger partial charge on any atom is -0.468 e. The van der Waals surface area contributed by atoms with Crippen molar-refractivity contribution in [2.75, 3.05) is 13.7 Å². The maximum atomic E-state index is 12.4. The van der Waals surface area contributed by atoms with Gasteiger partial charge in [-0.2, -0.15) is 0 Å². The van der Waals surface area contributed by atoms with Crippen LogP contribution in [0.5, 0.6) is 0 Å². The number of rotatable bonds is 5. The predicted octanol–water partition coefficient (Wildman–Crippen LogP) is 1.34. The minimum atomic E-state index is -0.452. The molecule has 1 amide bonds. The van der Waals surface area contributed by atoms with Crippen LogP contribution in [0.1, 0.15) is 29.8 Å². The molecule has 0 saturated carbocycles. The van der Waals surface area contributed by atoms with Gasteiger partial charge in [-0.15, -0.1) is 0 Å². The highest BCUT2D eigenvalue weighted by atomic mass is 32.1. The molecule has 0 bridgehead atoms. The Hall–Kier alpha value is -1.95. The molecule has 0 fully saturated rings. The first-order valence-corrected chi connectivity index (χ1v) is 6.55. The third-order valence-corrected chi connectivity index (χ3v) is 3.06. The van der Waals surface area contributed by atoms with Gasteiger partial charge in [0.25, 0.3) is 5.91 Å². The minimum absolute atomic E-state index is 0.0793. The first-order valence-electron chi connectivity index (χ1n) is 6.14. The average Bonchev–Trinajstić information content (AvgIpc) is 2.43. The number of carbonyl (C=O) groups is 2. The fraction of sp³-hybridized carbons (Fsp3) is 0.357. The molecule has 0 aliphatic carbocycles. The van der Waals surface area contributed by atoms with Gasteiger partial charge < -0.3 is 15.4 Å². The van der Waals surface area contributed by atoms with Crippen LogP contribution in [0.15, 0.2) is 24.3 Å². The number of hydrogen-bond donors (Lipinski definition) is 1. The lowest BCUT2D eigenvalue weighted by Gasteiger charge is -2.25. The van der Waals surface area contributed by atoms with Crippen LogP contribution in [0.2, 0.25) is 0 Å². The van der Waals surface area contributed by atoms with E-state index in [0.29, 0.717) is 11.1 Å². The fourth-order valence-corrected chi connectivity index (χ4v) is 1.77. The number of benzene rings is 1. The van der Waals surface area contributed by atoms with Crippen molar-refractivity contribution in [1.29, 1.82) is 0 Å². The van der Waals surface area contributed by atoms with E-state index in [0.717, 1.165) is 0 Å². The highest BCUT2D eigenvalue weighted by Gasteiger charge is 2.21. The Morgan fingerprint density at radius 3 is 2.15 bits per heavy atom. The molecular weight excluding hydrogens is 276 g/mol. The highest BCUT2D eigenvalue weighted by molar-refractivity contribution is 7.80. The molecule has 0 radical (unpaired) electrons. The van der Waals surface area contributed by atoms with Gasteiger partial charge in [0.2, 0.25) is 0 Å². The third-order valence-electron chi connectivity index (χ3n) is 2.83. The lowest BCUT2D eigenvalue weighted by molar-refractivity contribution is -0.141. The maximum absolute atomic E-state index is 12.4. The molecule has 0 heterocycles. The number of nitrogens with two attached hydrogens (primary N) is 1. The lowest BCUT2D eigenvalue weighted by atomic mass is 10.1. The molecule has 0 spiro atoms. The molecule has 1 rings (SSSR count). The van der Waals surface area contributed by atoms with E-state index in [1.807, 2.05) is 13.8 Å². The van der Waals surface area contributed by atoms with E-state index in [9.17, 15) is 9.59 Å². The van der Waals surface area contributed by atoms with Crippen molar-refractivity contribution in [3.63, 3.8) is 0 Å². The standard InChI is InChI=1S/C14H18N2O3S/c1-9(2)16(8-12(17)19-3)14(18)11-6-4-10(5-7-11)13(15)20/h4-7,9H,8H2,1-3H3,(H2,15,20). The number of ether oxygens (including phenoxy) is 1. The number of carbonyl (C=O) groups excluding carboxylic acids is 2. The van der Waals surface area contributed by atoms with Gasteiger partial charge in [0, 0.05) is 17.2 Å². The van der Waals surface area contributed by atoms with Gasteiger partial charge in [-0.3, -0.25) is 9.59 Å². The van der Waals surface area contributed by atoms with Crippen LogP contribution in [0.3, 0.4) is 0 Å². The van der Waals surface area contributed by atoms with Crippen molar-refractivity contribution >= 4 is 29.1 Å². The van der Waals surface area contributed by atoms with Crippen LogP contribution in [0.4, 0.5) is 0 Å². The number of esters is 1. The van der Waals surface area contributed by atoms with Crippen molar-refractivity contribution in [2.45, 2.75) is 19.9 Å². The fourth-order valence-electron chi connectivity index (χ4n) is 1.64. The van der Waals surface area contributed by atoms with Crippen LogP contribution in [-0.4, -0.2) is 41.5 Å². The number of amides is 1. The number of thiocarbonyl (C=S) groups is 1. The summed E-state index contributed by atoms with van der Waals surface area (Å²) in [5, 5.41) is 0. The molecule has 0 atom stereocenters. The SMILES string of the molecule is COC(=O)CN(C(=O)c1ccc(C(N)=S)cc1)C(C)C. The average molecular weight is 294 g/mol. The van der Waals surface area contributed by atoms with Crippen molar-refractivity contribution in [3.05, 3.63) is 35.4 Å². The Balaban J connectivity index is 2.94. The van der Waals surface area contributed by atoms with Gasteiger partial charge in [-0.1, -0.05) is 24.4 Å². The molecule has 0 aromatic heterocycles. The van der Waals surface area contributed by atoms with Crippen molar-refractivity contribution in [2.24, 2.45) is 5.73 Å². The summed E-state index contributed by atoms with van der Waals surface area (Å²) >= 11 is 4.86. The molecular formula is C14H18N2O3S. The van der Waals surface area contributed by atoms with Gasteiger partial charge >= 0.3 is 5.97 Å². The molecule has 5 nitrogen and oxygen atoms in total. The second kappa shape index (κ2) is 7.00. The summed E-state index contributed by atoms with van der Waals surface area (Å²) in [4.78, 5) is 25.5. The van der Waals surface area contributed by atoms with E-state index in [1.165, 1.54) is 12.0 Å². The van der Waals surface area contributed by atoms with Crippen LogP contribution in [-0.2, 0) is 9.53 Å². The Bertz CT molecular complexity index is 512. The van der Waals surface area contributed by atoms with Gasteiger partial charge in [-0.05, 0) is 26.0 Å². The summed E-state index contributed by atoms with van der Waals surface area (Å²) in [6.45, 7) is 3.60. The first kappa shape index (κ1) is 16.1. The summed E-state index contributed by atoms with van der Waals surface area (Å²) in [6.07, 6.45) is 0. The zero-order valence-corrected chi connectivity index (χ0v) is 12.6. The quantitative estimate of drug-likeness (QED) is 0.655. The Kier molecular flexibility index (Phi) is 5.64. The number of methoxy groups -OCH3 is 1. The van der Waals surface area contributed by atoms with Crippen LogP contribution in [0, 0.1) is 0 Å². The zero-order chi connectivity index (χ0) is 15.3. The number of hydrogen-bond acceptors (Lipinski definition) is 4. The molecule has 0 unspecified atom stereocenters.